The minimum Gasteiger partial charge on any atom is -0.491 e. The first-order chi connectivity index (χ1) is 13.6. The lowest BCUT2D eigenvalue weighted by Crippen LogP contribution is -2.33. The minimum absolute atomic E-state index is 0.0168. The Morgan fingerprint density at radius 1 is 1.39 bits per heavy atom. The Morgan fingerprint density at radius 3 is 3.04 bits per heavy atom. The number of aliphatic hydroxyl groups is 1. The third kappa shape index (κ3) is 3.40. The molecular formula is C20H25N3O5. The van der Waals surface area contributed by atoms with Gasteiger partial charge in [0.05, 0.1) is 24.8 Å². The Morgan fingerprint density at radius 2 is 2.25 bits per heavy atom. The number of aliphatic hydroxyl groups excluding tert-OH is 1. The number of amides is 1. The molecule has 1 saturated heterocycles. The van der Waals surface area contributed by atoms with E-state index in [9.17, 15) is 9.90 Å². The van der Waals surface area contributed by atoms with E-state index in [2.05, 4.69) is 6.92 Å². The number of fused-ring (bicyclic) bond motifs is 3. The van der Waals surface area contributed by atoms with Gasteiger partial charge in [0.1, 0.15) is 36.6 Å². The molecule has 1 aromatic heterocycles. The molecule has 2 aromatic rings. The van der Waals surface area contributed by atoms with Gasteiger partial charge in [-0.2, -0.15) is 0 Å². The lowest BCUT2D eigenvalue weighted by molar-refractivity contribution is 0.129. The van der Waals surface area contributed by atoms with Crippen molar-refractivity contribution in [3.63, 3.8) is 0 Å². The topological polar surface area (TPSA) is 86.1 Å². The van der Waals surface area contributed by atoms with Crippen LogP contribution in [0, 0.1) is 0 Å². The SMILES string of the molecule is CCC[C@@H]1COC(=O)N1c1cn2c(n1)-c1ccc(O[C@@H](C)CO)cc1OCC2. The average Bonchev–Trinajstić information content (AvgIpc) is 3.21. The van der Waals surface area contributed by atoms with Crippen LogP contribution in [0.3, 0.4) is 0 Å². The van der Waals surface area contributed by atoms with Crippen molar-refractivity contribution in [1.82, 2.24) is 9.55 Å². The van der Waals surface area contributed by atoms with Crippen molar-refractivity contribution in [3.8, 4) is 22.9 Å². The van der Waals surface area contributed by atoms with Crippen molar-refractivity contribution >= 4 is 11.9 Å². The molecule has 0 unspecified atom stereocenters. The predicted octanol–water partition coefficient (Wildman–Crippen LogP) is 2.83. The summed E-state index contributed by atoms with van der Waals surface area (Å²) in [5, 5.41) is 9.19. The first-order valence-electron chi connectivity index (χ1n) is 9.68. The molecule has 8 nitrogen and oxygen atoms in total. The smallest absolute Gasteiger partial charge is 0.415 e. The van der Waals surface area contributed by atoms with Crippen LogP contribution >= 0.6 is 0 Å². The second-order valence-electron chi connectivity index (χ2n) is 7.12. The lowest BCUT2D eigenvalue weighted by Gasteiger charge is -2.18. The molecule has 0 spiro atoms. The number of rotatable bonds is 6. The van der Waals surface area contributed by atoms with Gasteiger partial charge in [-0.05, 0) is 25.5 Å². The number of nitrogens with zero attached hydrogens (tertiary/aromatic N) is 3. The van der Waals surface area contributed by atoms with Gasteiger partial charge in [-0.15, -0.1) is 0 Å². The van der Waals surface area contributed by atoms with E-state index in [1.807, 2.05) is 29.0 Å². The van der Waals surface area contributed by atoms with Gasteiger partial charge in [0.15, 0.2) is 5.82 Å². The fourth-order valence-corrected chi connectivity index (χ4v) is 3.59. The quantitative estimate of drug-likeness (QED) is 0.820. The number of benzene rings is 1. The zero-order chi connectivity index (χ0) is 19.7. The molecule has 1 fully saturated rings. The summed E-state index contributed by atoms with van der Waals surface area (Å²) in [6, 6.07) is 5.56. The number of cyclic esters (lactones) is 1. The van der Waals surface area contributed by atoms with Crippen LogP contribution in [-0.4, -0.2) is 52.7 Å². The van der Waals surface area contributed by atoms with Crippen LogP contribution < -0.4 is 14.4 Å². The largest absolute Gasteiger partial charge is 0.491 e. The summed E-state index contributed by atoms with van der Waals surface area (Å²) in [5.74, 6) is 2.66. The van der Waals surface area contributed by atoms with E-state index < -0.39 is 0 Å². The average molecular weight is 387 g/mol. The van der Waals surface area contributed by atoms with Crippen molar-refractivity contribution in [3.05, 3.63) is 24.4 Å². The van der Waals surface area contributed by atoms with E-state index in [0.717, 1.165) is 24.2 Å². The van der Waals surface area contributed by atoms with Gasteiger partial charge in [-0.25, -0.2) is 9.78 Å². The number of imidazole rings is 1. The van der Waals surface area contributed by atoms with Gasteiger partial charge in [0.2, 0.25) is 0 Å². The first kappa shape index (κ1) is 18.6. The summed E-state index contributed by atoms with van der Waals surface area (Å²) >= 11 is 0. The third-order valence-electron chi connectivity index (χ3n) is 4.97. The summed E-state index contributed by atoms with van der Waals surface area (Å²) in [7, 11) is 0. The summed E-state index contributed by atoms with van der Waals surface area (Å²) in [5.41, 5.74) is 0.840. The van der Waals surface area contributed by atoms with E-state index in [-0.39, 0.29) is 24.8 Å². The lowest BCUT2D eigenvalue weighted by atomic mass is 10.1. The van der Waals surface area contributed by atoms with Crippen LogP contribution in [0.4, 0.5) is 10.6 Å². The van der Waals surface area contributed by atoms with Gasteiger partial charge in [0.25, 0.3) is 0 Å². The fourth-order valence-electron chi connectivity index (χ4n) is 3.59. The number of carbonyl (C=O) groups excluding carboxylic acids is 1. The number of anilines is 1. The Bertz CT molecular complexity index is 866. The second-order valence-corrected chi connectivity index (χ2v) is 7.12. The molecule has 2 aliphatic rings. The molecule has 8 heteroatoms. The summed E-state index contributed by atoms with van der Waals surface area (Å²) in [4.78, 5) is 18.7. The molecule has 0 bridgehead atoms. The van der Waals surface area contributed by atoms with Crippen LogP contribution in [0.25, 0.3) is 11.4 Å². The van der Waals surface area contributed by atoms with E-state index in [1.54, 1.807) is 11.8 Å². The minimum atomic E-state index is -0.343. The maximum atomic E-state index is 12.3. The van der Waals surface area contributed by atoms with Gasteiger partial charge in [0, 0.05) is 12.3 Å². The normalized spacial score (nSPS) is 19.3. The number of carbonyl (C=O) groups is 1. The highest BCUT2D eigenvalue weighted by atomic mass is 16.6. The van der Waals surface area contributed by atoms with Gasteiger partial charge < -0.3 is 23.9 Å². The van der Waals surface area contributed by atoms with E-state index in [1.165, 1.54) is 0 Å². The van der Waals surface area contributed by atoms with Crippen molar-refractivity contribution in [2.45, 2.75) is 45.4 Å². The molecule has 2 atom stereocenters. The zero-order valence-electron chi connectivity index (χ0n) is 16.1. The maximum Gasteiger partial charge on any atom is 0.415 e. The molecule has 3 heterocycles. The van der Waals surface area contributed by atoms with Crippen molar-refractivity contribution in [1.29, 1.82) is 0 Å². The van der Waals surface area contributed by atoms with E-state index in [0.29, 0.717) is 37.1 Å². The van der Waals surface area contributed by atoms with E-state index in [4.69, 9.17) is 19.2 Å². The van der Waals surface area contributed by atoms with Gasteiger partial charge in [-0.1, -0.05) is 13.3 Å². The molecule has 28 heavy (non-hydrogen) atoms. The summed E-state index contributed by atoms with van der Waals surface area (Å²) in [6.45, 7) is 5.34. The van der Waals surface area contributed by atoms with Gasteiger partial charge >= 0.3 is 6.09 Å². The second kappa shape index (κ2) is 7.71. The Kier molecular flexibility index (Phi) is 5.13. The molecule has 4 rings (SSSR count). The third-order valence-corrected chi connectivity index (χ3v) is 4.97. The zero-order valence-corrected chi connectivity index (χ0v) is 16.1. The molecular weight excluding hydrogens is 362 g/mol. The molecule has 150 valence electrons. The maximum absolute atomic E-state index is 12.3. The van der Waals surface area contributed by atoms with Crippen molar-refractivity contribution in [2.24, 2.45) is 0 Å². The summed E-state index contributed by atoms with van der Waals surface area (Å²) < 4.78 is 18.8. The van der Waals surface area contributed by atoms with Crippen LogP contribution in [0.1, 0.15) is 26.7 Å². The number of ether oxygens (including phenoxy) is 3. The van der Waals surface area contributed by atoms with Crippen LogP contribution in [0.2, 0.25) is 0 Å². The Hall–Kier alpha value is -2.74. The Balaban J connectivity index is 1.67. The number of hydrogen-bond donors (Lipinski definition) is 1. The molecule has 2 aliphatic heterocycles. The highest BCUT2D eigenvalue weighted by Crippen LogP contribution is 2.37. The van der Waals surface area contributed by atoms with Gasteiger partial charge in [-0.3, -0.25) is 4.90 Å². The monoisotopic (exact) mass is 387 g/mol. The summed E-state index contributed by atoms with van der Waals surface area (Å²) in [6.07, 6.45) is 3.09. The van der Waals surface area contributed by atoms with Crippen molar-refractivity contribution < 1.29 is 24.1 Å². The van der Waals surface area contributed by atoms with Crippen LogP contribution in [0.5, 0.6) is 11.5 Å². The number of hydrogen-bond acceptors (Lipinski definition) is 6. The fraction of sp³-hybridized carbons (Fsp3) is 0.500. The molecule has 1 N–H and O–H groups in total. The molecule has 1 amide bonds. The molecule has 0 aliphatic carbocycles. The molecule has 0 saturated carbocycles. The predicted molar refractivity (Wildman–Crippen MR) is 103 cm³/mol. The highest BCUT2D eigenvalue weighted by molar-refractivity contribution is 5.89. The molecule has 0 radical (unpaired) electrons. The van der Waals surface area contributed by atoms with Crippen LogP contribution in [0.15, 0.2) is 24.4 Å². The molecule has 1 aromatic carbocycles. The standard InChI is InChI=1S/C20H25N3O5/c1-3-4-14-12-27-20(25)23(14)18-10-22-7-8-26-17-9-15(28-13(2)11-24)5-6-16(17)19(22)21-18/h5-6,9-10,13-14,24H,3-4,7-8,11-12H2,1-2H3/t13-,14+/m0/s1. The first-order valence-corrected chi connectivity index (χ1v) is 9.68. The van der Waals surface area contributed by atoms with Crippen LogP contribution in [-0.2, 0) is 11.3 Å². The Labute approximate surface area is 163 Å². The number of aromatic nitrogens is 2. The highest BCUT2D eigenvalue weighted by Gasteiger charge is 2.36. The van der Waals surface area contributed by atoms with E-state index >= 15 is 0 Å². The van der Waals surface area contributed by atoms with Crippen molar-refractivity contribution in [2.75, 3.05) is 24.7 Å².